The average Bonchev–Trinajstić information content (AvgIpc) is 2.24. The Labute approximate surface area is 104 Å². The Morgan fingerprint density at radius 1 is 1.24 bits per heavy atom. The van der Waals surface area contributed by atoms with Gasteiger partial charge in [0, 0.05) is 6.42 Å². The monoisotopic (exact) mass is 243 g/mol. The van der Waals surface area contributed by atoms with E-state index in [0.29, 0.717) is 12.3 Å². The molecular weight excluding hydrogens is 218 g/mol. The molecule has 0 saturated heterocycles. The lowest BCUT2D eigenvalue weighted by Crippen LogP contribution is -2.45. The normalized spacial score (nSPS) is 16.0. The molecule has 3 atom stereocenters. The number of hydrogen-bond donors (Lipinski definition) is 2. The highest BCUT2D eigenvalue weighted by molar-refractivity contribution is 5.83. The summed E-state index contributed by atoms with van der Waals surface area (Å²) in [5.74, 6) is -0.834. The third-order valence-corrected chi connectivity index (χ3v) is 3.11. The van der Waals surface area contributed by atoms with Crippen LogP contribution in [-0.4, -0.2) is 23.0 Å². The van der Waals surface area contributed by atoms with Crippen molar-refractivity contribution in [1.82, 2.24) is 5.32 Å². The van der Waals surface area contributed by atoms with E-state index < -0.39 is 12.0 Å². The summed E-state index contributed by atoms with van der Waals surface area (Å²) in [7, 11) is 0. The van der Waals surface area contributed by atoms with Crippen molar-refractivity contribution < 1.29 is 14.7 Å². The van der Waals surface area contributed by atoms with E-state index in [1.54, 1.807) is 0 Å². The van der Waals surface area contributed by atoms with Gasteiger partial charge in [-0.05, 0) is 11.8 Å². The van der Waals surface area contributed by atoms with E-state index in [1.165, 1.54) is 0 Å². The Balaban J connectivity index is 4.27. The summed E-state index contributed by atoms with van der Waals surface area (Å²) in [6.07, 6.45) is 3.19. The van der Waals surface area contributed by atoms with Crippen LogP contribution in [0.4, 0.5) is 0 Å². The largest absolute Gasteiger partial charge is 0.480 e. The van der Waals surface area contributed by atoms with Crippen LogP contribution in [0.5, 0.6) is 0 Å². The number of hydrogen-bond acceptors (Lipinski definition) is 2. The van der Waals surface area contributed by atoms with Crippen molar-refractivity contribution in [2.75, 3.05) is 0 Å². The molecule has 0 radical (unpaired) electrons. The quantitative estimate of drug-likeness (QED) is 0.688. The van der Waals surface area contributed by atoms with Crippen LogP contribution in [0.25, 0.3) is 0 Å². The Bertz CT molecular complexity index is 253. The second kappa shape index (κ2) is 8.09. The van der Waals surface area contributed by atoms with Crippen molar-refractivity contribution in [3.05, 3.63) is 0 Å². The van der Waals surface area contributed by atoms with Crippen LogP contribution in [0, 0.1) is 11.8 Å². The molecule has 0 aliphatic heterocycles. The number of carboxylic acids is 1. The summed E-state index contributed by atoms with van der Waals surface area (Å²) in [5, 5.41) is 11.7. The molecule has 1 amide bonds. The fraction of sp³-hybridized carbons (Fsp3) is 0.846. The van der Waals surface area contributed by atoms with Crippen molar-refractivity contribution >= 4 is 11.9 Å². The van der Waals surface area contributed by atoms with Gasteiger partial charge in [0.25, 0.3) is 0 Å². The second-order valence-corrected chi connectivity index (χ2v) is 4.87. The maximum absolute atomic E-state index is 11.7. The molecule has 0 rings (SSSR count). The van der Waals surface area contributed by atoms with Gasteiger partial charge in [-0.2, -0.15) is 0 Å². The minimum Gasteiger partial charge on any atom is -0.480 e. The van der Waals surface area contributed by atoms with Crippen molar-refractivity contribution in [3.8, 4) is 0 Å². The molecular formula is C13H25NO3. The van der Waals surface area contributed by atoms with Gasteiger partial charge in [0.05, 0.1) is 0 Å². The number of carbonyl (C=O) groups excluding carboxylic acids is 1. The van der Waals surface area contributed by atoms with Crippen LogP contribution in [0.15, 0.2) is 0 Å². The molecule has 4 nitrogen and oxygen atoms in total. The zero-order chi connectivity index (χ0) is 13.4. The summed E-state index contributed by atoms with van der Waals surface area (Å²) in [4.78, 5) is 22.7. The predicted molar refractivity (Wildman–Crippen MR) is 67.7 cm³/mol. The molecule has 0 aromatic heterocycles. The van der Waals surface area contributed by atoms with Crippen LogP contribution < -0.4 is 5.32 Å². The highest BCUT2D eigenvalue weighted by atomic mass is 16.4. The van der Waals surface area contributed by atoms with Crippen molar-refractivity contribution in [2.45, 2.75) is 59.4 Å². The minimum atomic E-state index is -0.948. The number of carboxylic acid groups (broad SMARTS) is 1. The standard InChI is InChI=1S/C13H25NO3/c1-5-7-9(3)8-11(15)14-12(13(16)17)10(4)6-2/h9-10,12H,5-8H2,1-4H3,(H,14,15)(H,16,17). The van der Waals surface area contributed by atoms with E-state index >= 15 is 0 Å². The number of carbonyl (C=O) groups is 2. The fourth-order valence-corrected chi connectivity index (χ4v) is 1.83. The predicted octanol–water partition coefficient (Wildman–Crippen LogP) is 2.43. The van der Waals surface area contributed by atoms with E-state index in [2.05, 4.69) is 12.2 Å². The van der Waals surface area contributed by atoms with E-state index in [9.17, 15) is 9.59 Å². The van der Waals surface area contributed by atoms with E-state index in [-0.39, 0.29) is 11.8 Å². The summed E-state index contributed by atoms with van der Waals surface area (Å²) >= 11 is 0. The third-order valence-electron chi connectivity index (χ3n) is 3.11. The molecule has 4 heteroatoms. The lowest BCUT2D eigenvalue weighted by molar-refractivity contribution is -0.143. The Morgan fingerprint density at radius 3 is 2.24 bits per heavy atom. The van der Waals surface area contributed by atoms with Crippen LogP contribution in [0.2, 0.25) is 0 Å². The maximum Gasteiger partial charge on any atom is 0.326 e. The molecule has 0 fully saturated rings. The van der Waals surface area contributed by atoms with Gasteiger partial charge in [-0.15, -0.1) is 0 Å². The van der Waals surface area contributed by atoms with Crippen LogP contribution in [0.1, 0.15) is 53.4 Å². The molecule has 0 aromatic carbocycles. The van der Waals surface area contributed by atoms with Gasteiger partial charge in [0.1, 0.15) is 6.04 Å². The number of nitrogens with one attached hydrogen (secondary N) is 1. The first-order valence-corrected chi connectivity index (χ1v) is 6.44. The first kappa shape index (κ1) is 15.9. The molecule has 0 heterocycles. The molecule has 0 aliphatic rings. The SMILES string of the molecule is CCCC(C)CC(=O)NC(C(=O)O)C(C)CC. The molecule has 0 saturated carbocycles. The first-order chi connectivity index (χ1) is 7.92. The van der Waals surface area contributed by atoms with Gasteiger partial charge >= 0.3 is 5.97 Å². The van der Waals surface area contributed by atoms with Crippen LogP contribution in [0.3, 0.4) is 0 Å². The molecule has 3 unspecified atom stereocenters. The summed E-state index contributed by atoms with van der Waals surface area (Å²) in [5.41, 5.74) is 0. The molecule has 2 N–H and O–H groups in total. The molecule has 0 spiro atoms. The lowest BCUT2D eigenvalue weighted by Gasteiger charge is -2.21. The fourth-order valence-electron chi connectivity index (χ4n) is 1.83. The Morgan fingerprint density at radius 2 is 1.82 bits per heavy atom. The van der Waals surface area contributed by atoms with E-state index in [0.717, 1.165) is 19.3 Å². The van der Waals surface area contributed by atoms with Crippen molar-refractivity contribution in [2.24, 2.45) is 11.8 Å². The summed E-state index contributed by atoms with van der Waals surface area (Å²) < 4.78 is 0. The molecule has 100 valence electrons. The average molecular weight is 243 g/mol. The molecule has 17 heavy (non-hydrogen) atoms. The highest BCUT2D eigenvalue weighted by Crippen LogP contribution is 2.12. The van der Waals surface area contributed by atoms with Crippen molar-refractivity contribution in [3.63, 3.8) is 0 Å². The minimum absolute atomic E-state index is 0.0436. The van der Waals surface area contributed by atoms with Gasteiger partial charge in [-0.3, -0.25) is 4.79 Å². The van der Waals surface area contributed by atoms with Gasteiger partial charge in [0.15, 0.2) is 0 Å². The van der Waals surface area contributed by atoms with Crippen LogP contribution >= 0.6 is 0 Å². The maximum atomic E-state index is 11.7. The summed E-state index contributed by atoms with van der Waals surface area (Å²) in [6, 6.07) is -0.763. The van der Waals surface area contributed by atoms with E-state index in [1.807, 2.05) is 20.8 Å². The smallest absolute Gasteiger partial charge is 0.326 e. The van der Waals surface area contributed by atoms with Gasteiger partial charge < -0.3 is 10.4 Å². The van der Waals surface area contributed by atoms with Gasteiger partial charge in [-0.1, -0.05) is 47.0 Å². The molecule has 0 aromatic rings. The van der Waals surface area contributed by atoms with E-state index in [4.69, 9.17) is 5.11 Å². The lowest BCUT2D eigenvalue weighted by atomic mass is 9.97. The molecule has 0 aliphatic carbocycles. The van der Waals surface area contributed by atoms with Gasteiger partial charge in [-0.25, -0.2) is 4.79 Å². The number of amides is 1. The highest BCUT2D eigenvalue weighted by Gasteiger charge is 2.25. The van der Waals surface area contributed by atoms with Crippen molar-refractivity contribution in [1.29, 1.82) is 0 Å². The number of rotatable bonds is 8. The van der Waals surface area contributed by atoms with Crippen LogP contribution in [-0.2, 0) is 9.59 Å². The topological polar surface area (TPSA) is 66.4 Å². The Hall–Kier alpha value is -1.06. The zero-order valence-corrected chi connectivity index (χ0v) is 11.3. The first-order valence-electron chi connectivity index (χ1n) is 6.44. The second-order valence-electron chi connectivity index (χ2n) is 4.87. The molecule has 0 bridgehead atoms. The Kier molecular flexibility index (Phi) is 7.59. The van der Waals surface area contributed by atoms with Gasteiger partial charge in [0.2, 0.25) is 5.91 Å². The zero-order valence-electron chi connectivity index (χ0n) is 11.3. The summed E-state index contributed by atoms with van der Waals surface area (Å²) in [6.45, 7) is 7.86. The third kappa shape index (κ3) is 6.29. The number of aliphatic carboxylic acids is 1.